The van der Waals surface area contributed by atoms with Crippen LogP contribution in [-0.4, -0.2) is 0 Å². The molecule has 0 saturated heterocycles. The summed E-state index contributed by atoms with van der Waals surface area (Å²) in [6, 6.07) is 51.0. The predicted octanol–water partition coefficient (Wildman–Crippen LogP) is 14.7. The lowest BCUT2D eigenvalue weighted by Gasteiger charge is -2.18. The van der Waals surface area contributed by atoms with Gasteiger partial charge in [0.05, 0.1) is 0 Å². The van der Waals surface area contributed by atoms with E-state index in [1.807, 2.05) is 40.9 Å². The van der Waals surface area contributed by atoms with E-state index in [0.29, 0.717) is 0 Å². The molecule has 0 amide bonds. The molecule has 2 nitrogen and oxygen atoms in total. The number of hydrogen-bond donors (Lipinski definition) is 0. The number of fused-ring (bicyclic) bond motifs is 12. The quantitative estimate of drug-likeness (QED) is 0.171. The molecule has 0 atom stereocenters. The second kappa shape index (κ2) is 9.82. The zero-order chi connectivity index (χ0) is 32.5. The van der Waals surface area contributed by atoms with Gasteiger partial charge in [-0.15, -0.1) is 22.7 Å². The van der Waals surface area contributed by atoms with Crippen molar-refractivity contribution < 1.29 is 8.83 Å². The zero-order valence-corrected chi connectivity index (χ0v) is 28.1. The highest BCUT2D eigenvalue weighted by atomic mass is 32.1. The van der Waals surface area contributed by atoms with Crippen molar-refractivity contribution in [1.29, 1.82) is 0 Å². The van der Waals surface area contributed by atoms with Gasteiger partial charge in [0.1, 0.15) is 22.3 Å². The first-order valence-corrected chi connectivity index (χ1v) is 18.5. The maximum Gasteiger partial charge on any atom is 0.139 e. The average Bonchev–Trinajstić information content (AvgIpc) is 3.93. The summed E-state index contributed by atoms with van der Waals surface area (Å²) in [5, 5.41) is 15.6. The third-order valence-corrected chi connectivity index (χ3v) is 12.5. The minimum absolute atomic E-state index is 0.838. The molecule has 12 aromatic rings. The first kappa shape index (κ1) is 26.9. The third kappa shape index (κ3) is 3.67. The summed E-state index contributed by atoms with van der Waals surface area (Å²) in [6.07, 6.45) is 0. The molecule has 50 heavy (non-hydrogen) atoms. The molecule has 4 aromatic heterocycles. The summed E-state index contributed by atoms with van der Waals surface area (Å²) in [7, 11) is 0. The molecule has 4 heterocycles. The summed E-state index contributed by atoms with van der Waals surface area (Å²) in [6.45, 7) is 0. The Hall–Kier alpha value is -5.94. The number of benzene rings is 8. The molecule has 0 saturated carbocycles. The standard InChI is InChI=1S/C46H24O2S2/c1-3-10-31-29(8-1)45(26-13-15-39-33(20-26)35-22-34-28-7-5-6-12-38(28)47-40(34)23-41(35)48-39)30-9-2-4-11-32(30)46(31)27-14-16-42-36(21-27)37-19-25-17-18-49-43(25)24-44(37)50-42/h1-24H. The van der Waals surface area contributed by atoms with Crippen molar-refractivity contribution >= 4 is 118 Å². The number of furan rings is 2. The number of hydrogen-bond acceptors (Lipinski definition) is 4. The Bertz CT molecular complexity index is 3330. The topological polar surface area (TPSA) is 26.3 Å². The van der Waals surface area contributed by atoms with Crippen LogP contribution >= 0.6 is 22.7 Å². The molecule has 8 aromatic carbocycles. The average molecular weight is 673 g/mol. The molecule has 0 aliphatic rings. The first-order chi connectivity index (χ1) is 24.7. The van der Waals surface area contributed by atoms with E-state index in [0.717, 1.165) is 43.9 Å². The highest BCUT2D eigenvalue weighted by Crippen LogP contribution is 2.47. The molecule has 232 valence electrons. The minimum Gasteiger partial charge on any atom is -0.456 e. The van der Waals surface area contributed by atoms with Gasteiger partial charge in [0, 0.05) is 52.5 Å². The van der Waals surface area contributed by atoms with Crippen LogP contribution in [0.25, 0.3) is 118 Å². The minimum atomic E-state index is 0.838. The van der Waals surface area contributed by atoms with E-state index < -0.39 is 0 Å². The Kier molecular flexibility index (Phi) is 5.29. The second-order valence-electron chi connectivity index (χ2n) is 13.2. The molecule has 0 radical (unpaired) electrons. The van der Waals surface area contributed by atoms with E-state index in [-0.39, 0.29) is 0 Å². The van der Waals surface area contributed by atoms with Crippen LogP contribution in [-0.2, 0) is 0 Å². The van der Waals surface area contributed by atoms with Gasteiger partial charge in [0.2, 0.25) is 0 Å². The van der Waals surface area contributed by atoms with Crippen LogP contribution in [0.2, 0.25) is 0 Å². The molecule has 0 bridgehead atoms. The summed E-state index contributed by atoms with van der Waals surface area (Å²) in [5.41, 5.74) is 8.40. The van der Waals surface area contributed by atoms with Crippen LogP contribution in [0.15, 0.2) is 154 Å². The van der Waals surface area contributed by atoms with E-state index in [4.69, 9.17) is 8.83 Å². The van der Waals surface area contributed by atoms with Crippen LogP contribution in [0.3, 0.4) is 0 Å². The molecular weight excluding hydrogens is 649 g/mol. The molecule has 4 heteroatoms. The van der Waals surface area contributed by atoms with Crippen molar-refractivity contribution in [2.24, 2.45) is 0 Å². The lowest BCUT2D eigenvalue weighted by Crippen LogP contribution is -1.90. The van der Waals surface area contributed by atoms with Crippen molar-refractivity contribution in [3.63, 3.8) is 0 Å². The van der Waals surface area contributed by atoms with Crippen LogP contribution in [0.4, 0.5) is 0 Å². The van der Waals surface area contributed by atoms with Gasteiger partial charge in [0.25, 0.3) is 0 Å². The molecule has 0 N–H and O–H groups in total. The summed E-state index contributed by atoms with van der Waals surface area (Å²) < 4.78 is 16.6. The normalized spacial score (nSPS) is 12.4. The third-order valence-electron chi connectivity index (χ3n) is 10.5. The highest BCUT2D eigenvalue weighted by Gasteiger charge is 2.20. The largest absolute Gasteiger partial charge is 0.456 e. The predicted molar refractivity (Wildman–Crippen MR) is 215 cm³/mol. The van der Waals surface area contributed by atoms with Gasteiger partial charge in [-0.25, -0.2) is 0 Å². The van der Waals surface area contributed by atoms with Crippen molar-refractivity contribution in [3.05, 3.63) is 145 Å². The van der Waals surface area contributed by atoms with Gasteiger partial charge in [-0.3, -0.25) is 0 Å². The van der Waals surface area contributed by atoms with Crippen LogP contribution in [0.1, 0.15) is 0 Å². The van der Waals surface area contributed by atoms with Gasteiger partial charge in [-0.2, -0.15) is 0 Å². The monoisotopic (exact) mass is 672 g/mol. The molecular formula is C46H24O2S2. The van der Waals surface area contributed by atoms with Gasteiger partial charge < -0.3 is 8.83 Å². The Balaban J connectivity index is 1.12. The van der Waals surface area contributed by atoms with Gasteiger partial charge in [-0.1, -0.05) is 78.9 Å². The molecule has 0 unspecified atom stereocenters. The van der Waals surface area contributed by atoms with E-state index >= 15 is 0 Å². The zero-order valence-electron chi connectivity index (χ0n) is 26.5. The summed E-state index contributed by atoms with van der Waals surface area (Å²) >= 11 is 3.70. The lowest BCUT2D eigenvalue weighted by atomic mass is 9.85. The van der Waals surface area contributed by atoms with E-state index in [2.05, 4.69) is 127 Å². The Morgan fingerprint density at radius 1 is 0.340 bits per heavy atom. The van der Waals surface area contributed by atoms with E-state index in [1.54, 1.807) is 0 Å². The Morgan fingerprint density at radius 3 is 1.62 bits per heavy atom. The fourth-order valence-electron chi connectivity index (χ4n) is 8.29. The smallest absolute Gasteiger partial charge is 0.139 e. The maximum absolute atomic E-state index is 6.42. The highest BCUT2D eigenvalue weighted by molar-refractivity contribution is 7.26. The molecule has 0 spiro atoms. The molecule has 12 rings (SSSR count). The van der Waals surface area contributed by atoms with Crippen molar-refractivity contribution in [3.8, 4) is 22.3 Å². The number of thiophene rings is 2. The van der Waals surface area contributed by atoms with Crippen LogP contribution in [0, 0.1) is 0 Å². The van der Waals surface area contributed by atoms with Gasteiger partial charge in [-0.05, 0) is 109 Å². The SMILES string of the molecule is c1ccc2c(c1)oc1cc3oc4ccc(-c5c6ccccc6c(-c6ccc7sc8cc9sccc9cc8c7c6)c6ccccc56)cc4c3cc12. The number of rotatable bonds is 2. The lowest BCUT2D eigenvalue weighted by molar-refractivity contribution is 0.656. The first-order valence-electron chi connectivity index (χ1n) is 16.8. The van der Waals surface area contributed by atoms with E-state index in [9.17, 15) is 0 Å². The van der Waals surface area contributed by atoms with Crippen molar-refractivity contribution in [2.45, 2.75) is 0 Å². The van der Waals surface area contributed by atoms with Crippen molar-refractivity contribution in [2.75, 3.05) is 0 Å². The van der Waals surface area contributed by atoms with Crippen molar-refractivity contribution in [1.82, 2.24) is 0 Å². The fraction of sp³-hybridized carbons (Fsp3) is 0. The summed E-state index contributed by atoms with van der Waals surface area (Å²) in [5.74, 6) is 0. The second-order valence-corrected chi connectivity index (χ2v) is 15.2. The van der Waals surface area contributed by atoms with Gasteiger partial charge in [0.15, 0.2) is 0 Å². The Morgan fingerprint density at radius 2 is 0.900 bits per heavy atom. The molecule has 0 fully saturated rings. The van der Waals surface area contributed by atoms with Crippen LogP contribution in [0.5, 0.6) is 0 Å². The Labute approximate surface area is 293 Å². The number of para-hydroxylation sites is 1. The van der Waals surface area contributed by atoms with Gasteiger partial charge >= 0.3 is 0 Å². The maximum atomic E-state index is 6.42. The summed E-state index contributed by atoms with van der Waals surface area (Å²) in [4.78, 5) is 0. The fourth-order valence-corrected chi connectivity index (χ4v) is 10.3. The molecule has 0 aliphatic carbocycles. The molecule has 0 aliphatic heterocycles. The van der Waals surface area contributed by atoms with Crippen LogP contribution < -0.4 is 0 Å². The van der Waals surface area contributed by atoms with E-state index in [1.165, 1.54) is 74.1 Å².